The van der Waals surface area contributed by atoms with Crippen molar-refractivity contribution < 1.29 is 0 Å². The van der Waals surface area contributed by atoms with Gasteiger partial charge in [-0.1, -0.05) is 6.92 Å². The minimum Gasteiger partial charge on any atom is -0.119 e. The first-order valence-electron chi connectivity index (χ1n) is 2.67. The van der Waals surface area contributed by atoms with E-state index in [-0.39, 0.29) is 4.87 Å². The molecule has 1 unspecified atom stereocenters. The Morgan fingerprint density at radius 2 is 2.14 bits per heavy atom. The molecule has 1 rings (SSSR count). The summed E-state index contributed by atoms with van der Waals surface area (Å²) in [4.78, 5) is 0.111. The van der Waals surface area contributed by atoms with E-state index in [1.165, 1.54) is 12.8 Å². The van der Waals surface area contributed by atoms with E-state index < -0.39 is 0 Å². The molecule has 0 spiro atoms. The zero-order valence-corrected chi connectivity index (χ0v) is 5.33. The number of halogens is 1. The molecule has 1 atom stereocenters. The third-order valence-electron chi connectivity index (χ3n) is 1.61. The molecule has 0 bridgehead atoms. The molecule has 1 radical (unpaired) electrons. The molecule has 1 aliphatic carbocycles. The number of rotatable bonds is 1. The normalized spacial score (nSPS) is 25.7. The highest BCUT2D eigenvalue weighted by Gasteiger charge is 2.43. The molecule has 0 N–H and O–H groups in total. The first-order chi connectivity index (χ1) is 3.15. The van der Waals surface area contributed by atoms with E-state index in [2.05, 4.69) is 13.8 Å². The van der Waals surface area contributed by atoms with E-state index in [0.717, 1.165) is 0 Å². The van der Waals surface area contributed by atoms with Gasteiger partial charge in [-0.15, -0.1) is 11.6 Å². The molecule has 41 valence electrons. The Kier molecular flexibility index (Phi) is 1.07. The second-order valence-corrected chi connectivity index (χ2v) is 3.19. The summed E-state index contributed by atoms with van der Waals surface area (Å²) < 4.78 is 0. The zero-order chi connectivity index (χ0) is 5.49. The van der Waals surface area contributed by atoms with Gasteiger partial charge in [0, 0.05) is 4.87 Å². The minimum atomic E-state index is 0.111. The molecule has 1 fully saturated rings. The molecule has 0 saturated heterocycles. The Balaban J connectivity index is 2.39. The molecular weight excluding hydrogens is 108 g/mol. The van der Waals surface area contributed by atoms with Gasteiger partial charge in [-0.2, -0.15) is 0 Å². The fraction of sp³-hybridized carbons (Fsp3) is 0.833. The van der Waals surface area contributed by atoms with Gasteiger partial charge in [0.1, 0.15) is 0 Å². The zero-order valence-electron chi connectivity index (χ0n) is 4.58. The van der Waals surface area contributed by atoms with Crippen molar-refractivity contribution in [2.45, 2.75) is 24.6 Å². The Hall–Kier alpha value is 0.290. The van der Waals surface area contributed by atoms with Crippen molar-refractivity contribution in [1.29, 1.82) is 0 Å². The first-order valence-corrected chi connectivity index (χ1v) is 3.05. The van der Waals surface area contributed by atoms with Crippen LogP contribution < -0.4 is 0 Å². The molecule has 0 amide bonds. The molecule has 0 heterocycles. The molecule has 0 aromatic heterocycles. The summed E-state index contributed by atoms with van der Waals surface area (Å²) in [5.41, 5.74) is 0. The number of hydrogen-bond acceptors (Lipinski definition) is 0. The predicted octanol–water partition coefficient (Wildman–Crippen LogP) is 2.23. The van der Waals surface area contributed by atoms with Crippen LogP contribution in [0.2, 0.25) is 0 Å². The van der Waals surface area contributed by atoms with E-state index in [4.69, 9.17) is 11.6 Å². The van der Waals surface area contributed by atoms with Crippen molar-refractivity contribution in [2.75, 3.05) is 0 Å². The number of hydrogen-bond donors (Lipinski definition) is 0. The molecule has 0 aromatic rings. The third-order valence-corrected chi connectivity index (χ3v) is 2.36. The minimum absolute atomic E-state index is 0.111. The second kappa shape index (κ2) is 1.38. The van der Waals surface area contributed by atoms with Gasteiger partial charge in [0.25, 0.3) is 0 Å². The summed E-state index contributed by atoms with van der Waals surface area (Å²) in [5, 5.41) is 0. The van der Waals surface area contributed by atoms with Gasteiger partial charge in [-0.05, 0) is 25.7 Å². The van der Waals surface area contributed by atoms with Gasteiger partial charge in [0.15, 0.2) is 0 Å². The van der Waals surface area contributed by atoms with Gasteiger partial charge in [-0.3, -0.25) is 0 Å². The van der Waals surface area contributed by atoms with Gasteiger partial charge in [-0.25, -0.2) is 0 Å². The second-order valence-electron chi connectivity index (χ2n) is 2.44. The van der Waals surface area contributed by atoms with Crippen molar-refractivity contribution in [3.8, 4) is 0 Å². The molecule has 0 aromatic carbocycles. The fourth-order valence-electron chi connectivity index (χ4n) is 0.612. The van der Waals surface area contributed by atoms with Crippen molar-refractivity contribution in [3.63, 3.8) is 0 Å². The van der Waals surface area contributed by atoms with Crippen LogP contribution in [-0.4, -0.2) is 4.87 Å². The maximum atomic E-state index is 5.92. The molecular formula is C6H10Cl. The molecule has 1 saturated carbocycles. The third kappa shape index (κ3) is 0.908. The largest absolute Gasteiger partial charge is 0.119 e. The summed E-state index contributed by atoms with van der Waals surface area (Å²) in [6.07, 6.45) is 2.33. The van der Waals surface area contributed by atoms with Crippen molar-refractivity contribution in [3.05, 3.63) is 6.92 Å². The molecule has 0 aliphatic heterocycles. The van der Waals surface area contributed by atoms with Crippen molar-refractivity contribution in [2.24, 2.45) is 5.92 Å². The monoisotopic (exact) mass is 117 g/mol. The summed E-state index contributed by atoms with van der Waals surface area (Å²) in [5.74, 6) is 0.425. The van der Waals surface area contributed by atoms with Crippen molar-refractivity contribution >= 4 is 11.6 Å². The molecule has 7 heavy (non-hydrogen) atoms. The lowest BCUT2D eigenvalue weighted by Crippen LogP contribution is -2.06. The van der Waals surface area contributed by atoms with Gasteiger partial charge < -0.3 is 0 Å². The lowest BCUT2D eigenvalue weighted by molar-refractivity contribution is 0.658. The predicted molar refractivity (Wildman–Crippen MR) is 32.3 cm³/mol. The number of alkyl halides is 1. The van der Waals surface area contributed by atoms with E-state index in [9.17, 15) is 0 Å². The quantitative estimate of drug-likeness (QED) is 0.462. The van der Waals surface area contributed by atoms with Crippen LogP contribution in [0.4, 0.5) is 0 Å². The smallest absolute Gasteiger partial charge is 0.0473 e. The summed E-state index contributed by atoms with van der Waals surface area (Å²) >= 11 is 5.92. The van der Waals surface area contributed by atoms with Crippen LogP contribution >= 0.6 is 11.6 Å². The maximum absolute atomic E-state index is 5.92. The average molecular weight is 118 g/mol. The topological polar surface area (TPSA) is 0 Å². The van der Waals surface area contributed by atoms with Crippen LogP contribution in [0.3, 0.4) is 0 Å². The standard InChI is InChI=1S/C6H10Cl/c1-5(2)6(7)3-4-6/h5H,1,3-4H2,2H3. The fourth-order valence-corrected chi connectivity index (χ4v) is 0.707. The van der Waals surface area contributed by atoms with Crippen LogP contribution in [-0.2, 0) is 0 Å². The van der Waals surface area contributed by atoms with Crippen LogP contribution in [0.25, 0.3) is 0 Å². The van der Waals surface area contributed by atoms with E-state index in [1.54, 1.807) is 0 Å². The van der Waals surface area contributed by atoms with E-state index in [1.807, 2.05) is 0 Å². The molecule has 1 heteroatoms. The summed E-state index contributed by atoms with van der Waals surface area (Å²) in [6.45, 7) is 5.91. The summed E-state index contributed by atoms with van der Waals surface area (Å²) in [7, 11) is 0. The van der Waals surface area contributed by atoms with E-state index in [0.29, 0.717) is 5.92 Å². The van der Waals surface area contributed by atoms with E-state index >= 15 is 0 Å². The lowest BCUT2D eigenvalue weighted by atomic mass is 10.1. The summed E-state index contributed by atoms with van der Waals surface area (Å²) in [6, 6.07) is 0. The van der Waals surface area contributed by atoms with Crippen LogP contribution in [0.5, 0.6) is 0 Å². The van der Waals surface area contributed by atoms with Crippen molar-refractivity contribution in [1.82, 2.24) is 0 Å². The highest BCUT2D eigenvalue weighted by molar-refractivity contribution is 6.26. The highest BCUT2D eigenvalue weighted by Crippen LogP contribution is 2.48. The van der Waals surface area contributed by atoms with Gasteiger partial charge in [0.05, 0.1) is 0 Å². The first kappa shape index (κ1) is 5.43. The highest BCUT2D eigenvalue weighted by atomic mass is 35.5. The molecule has 0 nitrogen and oxygen atoms in total. The van der Waals surface area contributed by atoms with Gasteiger partial charge in [0.2, 0.25) is 0 Å². The Labute approximate surface area is 49.9 Å². The average Bonchev–Trinajstić information content (AvgIpc) is 2.21. The van der Waals surface area contributed by atoms with Crippen LogP contribution in [0, 0.1) is 12.8 Å². The SMILES string of the molecule is [CH2]C(C)C1(Cl)CC1. The van der Waals surface area contributed by atoms with Crippen LogP contribution in [0.15, 0.2) is 0 Å². The molecule has 1 aliphatic rings. The van der Waals surface area contributed by atoms with Gasteiger partial charge >= 0.3 is 0 Å². The Morgan fingerprint density at radius 1 is 1.71 bits per heavy atom. The Bertz CT molecular complexity index is 72.2. The Morgan fingerprint density at radius 3 is 2.14 bits per heavy atom. The van der Waals surface area contributed by atoms with Crippen LogP contribution in [0.1, 0.15) is 19.8 Å². The maximum Gasteiger partial charge on any atom is 0.0473 e. The lowest BCUT2D eigenvalue weighted by Gasteiger charge is -2.07.